The Hall–Kier alpha value is -0.120. The quantitative estimate of drug-likeness (QED) is 0.630. The fourth-order valence-corrected chi connectivity index (χ4v) is 2.59. The highest BCUT2D eigenvalue weighted by Crippen LogP contribution is 2.44. The van der Waals surface area contributed by atoms with E-state index in [0.29, 0.717) is 0 Å². The minimum absolute atomic E-state index is 0.0803. The molecule has 0 aromatic heterocycles. The Balaban J connectivity index is 2.09. The number of hydrogen-bond donors (Lipinski definition) is 3. The van der Waals surface area contributed by atoms with Crippen LogP contribution in [0.25, 0.3) is 0 Å². The number of aliphatic hydroxyl groups excluding tert-OH is 1. The standard InChI is InChI=1S/C11H21NO2/c1-9(4-3-5-10(9,2)14)12-11(8-13)6-7-11/h12-14H,3-8H2,1-2H3. The molecule has 2 aliphatic carbocycles. The molecule has 3 N–H and O–H groups in total. The van der Waals surface area contributed by atoms with Gasteiger partial charge in [0.2, 0.25) is 0 Å². The monoisotopic (exact) mass is 199 g/mol. The molecule has 0 heterocycles. The van der Waals surface area contributed by atoms with E-state index in [2.05, 4.69) is 12.2 Å². The Bertz CT molecular complexity index is 235. The topological polar surface area (TPSA) is 52.5 Å². The summed E-state index contributed by atoms with van der Waals surface area (Å²) >= 11 is 0. The smallest absolute Gasteiger partial charge is 0.0797 e. The van der Waals surface area contributed by atoms with Crippen molar-refractivity contribution in [3.05, 3.63) is 0 Å². The van der Waals surface area contributed by atoms with E-state index in [1.54, 1.807) is 0 Å². The maximum absolute atomic E-state index is 10.3. The maximum Gasteiger partial charge on any atom is 0.0797 e. The molecular formula is C11H21NO2. The van der Waals surface area contributed by atoms with Gasteiger partial charge >= 0.3 is 0 Å². The average molecular weight is 199 g/mol. The minimum Gasteiger partial charge on any atom is -0.394 e. The van der Waals surface area contributed by atoms with Gasteiger partial charge in [-0.15, -0.1) is 0 Å². The zero-order valence-corrected chi connectivity index (χ0v) is 9.14. The van der Waals surface area contributed by atoms with Crippen LogP contribution in [0.3, 0.4) is 0 Å². The predicted octanol–water partition coefficient (Wildman–Crippen LogP) is 0.794. The van der Waals surface area contributed by atoms with E-state index in [-0.39, 0.29) is 17.7 Å². The van der Waals surface area contributed by atoms with Crippen molar-refractivity contribution in [3.8, 4) is 0 Å². The summed E-state index contributed by atoms with van der Waals surface area (Å²) in [5.74, 6) is 0. The second-order valence-electron chi connectivity index (χ2n) is 5.52. The van der Waals surface area contributed by atoms with E-state index >= 15 is 0 Å². The Morgan fingerprint density at radius 1 is 1.14 bits per heavy atom. The highest BCUT2D eigenvalue weighted by atomic mass is 16.3. The Kier molecular flexibility index (Phi) is 2.18. The van der Waals surface area contributed by atoms with E-state index in [9.17, 15) is 10.2 Å². The third kappa shape index (κ3) is 1.47. The van der Waals surface area contributed by atoms with Crippen LogP contribution in [-0.2, 0) is 0 Å². The third-order valence-corrected chi connectivity index (χ3v) is 4.23. The van der Waals surface area contributed by atoms with Crippen LogP contribution in [0, 0.1) is 0 Å². The molecule has 0 aromatic carbocycles. The van der Waals surface area contributed by atoms with Crippen LogP contribution in [0.1, 0.15) is 46.0 Å². The number of nitrogens with one attached hydrogen (secondary N) is 1. The molecule has 14 heavy (non-hydrogen) atoms. The van der Waals surface area contributed by atoms with Crippen LogP contribution in [0.5, 0.6) is 0 Å². The number of hydrogen-bond acceptors (Lipinski definition) is 3. The zero-order chi connectivity index (χ0) is 10.4. The molecule has 2 unspecified atom stereocenters. The summed E-state index contributed by atoms with van der Waals surface area (Å²) in [4.78, 5) is 0. The van der Waals surface area contributed by atoms with Gasteiger partial charge in [0.15, 0.2) is 0 Å². The second-order valence-corrected chi connectivity index (χ2v) is 5.52. The van der Waals surface area contributed by atoms with Crippen LogP contribution in [0.15, 0.2) is 0 Å². The highest BCUT2D eigenvalue weighted by Gasteiger charge is 2.54. The molecule has 0 aromatic rings. The molecular weight excluding hydrogens is 178 g/mol. The van der Waals surface area contributed by atoms with Crippen LogP contribution < -0.4 is 5.32 Å². The minimum atomic E-state index is -0.627. The summed E-state index contributed by atoms with van der Waals surface area (Å²) in [5.41, 5.74) is -0.924. The van der Waals surface area contributed by atoms with Gasteiger partial charge in [-0.05, 0) is 46.0 Å². The molecule has 0 spiro atoms. The van der Waals surface area contributed by atoms with Crippen LogP contribution >= 0.6 is 0 Å². The van der Waals surface area contributed by atoms with E-state index in [1.807, 2.05) is 6.92 Å². The van der Waals surface area contributed by atoms with Gasteiger partial charge in [0.1, 0.15) is 0 Å². The molecule has 0 aliphatic heterocycles. The lowest BCUT2D eigenvalue weighted by Gasteiger charge is -2.40. The van der Waals surface area contributed by atoms with Gasteiger partial charge < -0.3 is 15.5 Å². The lowest BCUT2D eigenvalue weighted by molar-refractivity contribution is -0.0173. The van der Waals surface area contributed by atoms with Crippen LogP contribution in [-0.4, -0.2) is 33.5 Å². The molecule has 2 atom stereocenters. The van der Waals surface area contributed by atoms with Crippen LogP contribution in [0.2, 0.25) is 0 Å². The van der Waals surface area contributed by atoms with Crippen molar-refractivity contribution in [3.63, 3.8) is 0 Å². The summed E-state index contributed by atoms with van der Waals surface area (Å²) < 4.78 is 0. The van der Waals surface area contributed by atoms with E-state index in [4.69, 9.17) is 0 Å². The molecule has 82 valence electrons. The van der Waals surface area contributed by atoms with Gasteiger partial charge in [0.05, 0.1) is 12.2 Å². The molecule has 2 aliphatic rings. The van der Waals surface area contributed by atoms with Crippen molar-refractivity contribution in [2.75, 3.05) is 6.61 Å². The summed E-state index contributed by atoms with van der Waals surface area (Å²) in [6.45, 7) is 4.18. The van der Waals surface area contributed by atoms with Crippen molar-refractivity contribution < 1.29 is 10.2 Å². The first-order valence-corrected chi connectivity index (χ1v) is 5.56. The third-order valence-electron chi connectivity index (χ3n) is 4.23. The van der Waals surface area contributed by atoms with Gasteiger partial charge in [-0.2, -0.15) is 0 Å². The lowest BCUT2D eigenvalue weighted by Crippen LogP contribution is -2.60. The molecule has 2 rings (SSSR count). The van der Waals surface area contributed by atoms with Gasteiger partial charge in [-0.25, -0.2) is 0 Å². The number of rotatable bonds is 3. The van der Waals surface area contributed by atoms with Crippen molar-refractivity contribution in [2.45, 2.75) is 62.6 Å². The van der Waals surface area contributed by atoms with Gasteiger partial charge in [-0.1, -0.05) is 0 Å². The van der Waals surface area contributed by atoms with Crippen LogP contribution in [0.4, 0.5) is 0 Å². The maximum atomic E-state index is 10.3. The number of aliphatic hydroxyl groups is 2. The van der Waals surface area contributed by atoms with E-state index < -0.39 is 5.60 Å². The fourth-order valence-electron chi connectivity index (χ4n) is 2.59. The second kappa shape index (κ2) is 2.94. The summed E-state index contributed by atoms with van der Waals surface area (Å²) in [6.07, 6.45) is 5.00. The zero-order valence-electron chi connectivity index (χ0n) is 9.14. The van der Waals surface area contributed by atoms with Crippen molar-refractivity contribution in [1.29, 1.82) is 0 Å². The molecule has 2 fully saturated rings. The molecule has 0 bridgehead atoms. The van der Waals surface area contributed by atoms with Crippen molar-refractivity contribution in [2.24, 2.45) is 0 Å². The molecule has 3 heteroatoms. The molecule has 0 amide bonds. The molecule has 0 radical (unpaired) electrons. The predicted molar refractivity (Wildman–Crippen MR) is 55.1 cm³/mol. The first-order valence-electron chi connectivity index (χ1n) is 5.56. The average Bonchev–Trinajstić information content (AvgIpc) is 2.79. The normalized spacial score (nSPS) is 45.4. The fraction of sp³-hybridized carbons (Fsp3) is 1.00. The van der Waals surface area contributed by atoms with Gasteiger partial charge in [-0.3, -0.25) is 0 Å². The van der Waals surface area contributed by atoms with E-state index in [1.165, 1.54) is 0 Å². The SMILES string of the molecule is CC1(O)CCCC1(C)NC1(CO)CC1. The first-order chi connectivity index (χ1) is 6.43. The van der Waals surface area contributed by atoms with Gasteiger partial charge in [0.25, 0.3) is 0 Å². The summed E-state index contributed by atoms with van der Waals surface area (Å²) in [5, 5.41) is 23.0. The van der Waals surface area contributed by atoms with E-state index in [0.717, 1.165) is 32.1 Å². The summed E-state index contributed by atoms with van der Waals surface area (Å²) in [6, 6.07) is 0. The molecule has 2 saturated carbocycles. The van der Waals surface area contributed by atoms with Crippen molar-refractivity contribution in [1.82, 2.24) is 5.32 Å². The first kappa shape index (κ1) is 10.4. The largest absolute Gasteiger partial charge is 0.394 e. The summed E-state index contributed by atoms with van der Waals surface area (Å²) in [7, 11) is 0. The Morgan fingerprint density at radius 3 is 2.14 bits per heavy atom. The molecule has 3 nitrogen and oxygen atoms in total. The molecule has 0 saturated heterocycles. The van der Waals surface area contributed by atoms with Crippen molar-refractivity contribution >= 4 is 0 Å². The van der Waals surface area contributed by atoms with Gasteiger partial charge in [0, 0.05) is 11.1 Å². The highest BCUT2D eigenvalue weighted by molar-refractivity contribution is 5.13. The Labute approximate surface area is 85.5 Å². The lowest BCUT2D eigenvalue weighted by atomic mass is 9.85. The Morgan fingerprint density at radius 2 is 1.79 bits per heavy atom.